The summed E-state index contributed by atoms with van der Waals surface area (Å²) in [5.41, 5.74) is 8.03. The highest BCUT2D eigenvalue weighted by Crippen LogP contribution is 2.24. The summed E-state index contributed by atoms with van der Waals surface area (Å²) < 4.78 is 8.00. The van der Waals surface area contributed by atoms with E-state index in [9.17, 15) is 0 Å². The molecule has 2 N–H and O–H groups in total. The van der Waals surface area contributed by atoms with E-state index in [1.54, 1.807) is 0 Å². The zero-order chi connectivity index (χ0) is 13.8. The highest BCUT2D eigenvalue weighted by molar-refractivity contribution is 5.35. The van der Waals surface area contributed by atoms with Gasteiger partial charge in [0.15, 0.2) is 0 Å². The van der Waals surface area contributed by atoms with Gasteiger partial charge in [0.1, 0.15) is 12.4 Å². The average Bonchev–Trinajstić information content (AvgIpc) is 2.85. The molecule has 1 aromatic heterocycles. The Morgan fingerprint density at radius 1 is 1.26 bits per heavy atom. The summed E-state index contributed by atoms with van der Waals surface area (Å²) in [6.07, 6.45) is 3.68. The number of nitrogens with zero attached hydrogens (tertiary/aromatic N) is 2. The van der Waals surface area contributed by atoms with E-state index >= 15 is 0 Å². The van der Waals surface area contributed by atoms with Crippen molar-refractivity contribution >= 4 is 0 Å². The highest BCUT2D eigenvalue weighted by Gasteiger charge is 2.10. The quantitative estimate of drug-likeness (QED) is 0.897. The number of nitrogens with two attached hydrogens (primary N) is 1. The van der Waals surface area contributed by atoms with Gasteiger partial charge in [-0.15, -0.1) is 0 Å². The Balaban J connectivity index is 2.13. The largest absolute Gasteiger partial charge is 0.487 e. The molecule has 2 rings (SSSR count). The molecule has 0 aliphatic heterocycles. The Morgan fingerprint density at radius 3 is 2.68 bits per heavy atom. The Morgan fingerprint density at radius 2 is 2.00 bits per heavy atom. The maximum atomic E-state index is 5.94. The van der Waals surface area contributed by atoms with Gasteiger partial charge < -0.3 is 15.0 Å². The summed E-state index contributed by atoms with van der Waals surface area (Å²) in [5.74, 6) is 0.842. The van der Waals surface area contributed by atoms with E-state index in [2.05, 4.69) is 23.4 Å². The number of imidazole rings is 1. The van der Waals surface area contributed by atoms with Crippen molar-refractivity contribution in [3.8, 4) is 5.75 Å². The van der Waals surface area contributed by atoms with Gasteiger partial charge >= 0.3 is 0 Å². The highest BCUT2D eigenvalue weighted by atomic mass is 16.5. The third-order valence-corrected chi connectivity index (χ3v) is 3.09. The minimum atomic E-state index is -0.0359. The molecule has 19 heavy (non-hydrogen) atoms. The van der Waals surface area contributed by atoms with Crippen molar-refractivity contribution in [1.29, 1.82) is 0 Å². The van der Waals surface area contributed by atoms with Crippen LogP contribution in [-0.2, 0) is 6.61 Å². The van der Waals surface area contributed by atoms with Crippen molar-refractivity contribution in [3.05, 3.63) is 48.0 Å². The SMILES string of the molecule is CC(C)n1cncc1COc1ccccc1[C@H](C)N. The molecule has 1 atom stereocenters. The van der Waals surface area contributed by atoms with Gasteiger partial charge in [0.2, 0.25) is 0 Å². The van der Waals surface area contributed by atoms with Crippen LogP contribution in [0.3, 0.4) is 0 Å². The Labute approximate surface area is 114 Å². The molecule has 0 bridgehead atoms. The standard InChI is InChI=1S/C15H21N3O/c1-11(2)18-10-17-8-13(18)9-19-15-7-5-4-6-14(15)12(3)16/h4-8,10-12H,9,16H2,1-3H3/t12-/m0/s1. The van der Waals surface area contributed by atoms with Crippen molar-refractivity contribution in [2.75, 3.05) is 0 Å². The number of hydrogen-bond acceptors (Lipinski definition) is 3. The lowest BCUT2D eigenvalue weighted by atomic mass is 10.1. The maximum Gasteiger partial charge on any atom is 0.130 e. The van der Waals surface area contributed by atoms with Crippen LogP contribution in [0.4, 0.5) is 0 Å². The second-order valence-corrected chi connectivity index (χ2v) is 5.00. The predicted octanol–water partition coefficient (Wildman–Crippen LogP) is 3.06. The molecule has 0 unspecified atom stereocenters. The van der Waals surface area contributed by atoms with Crippen molar-refractivity contribution in [3.63, 3.8) is 0 Å². The smallest absolute Gasteiger partial charge is 0.130 e. The van der Waals surface area contributed by atoms with Crippen LogP contribution >= 0.6 is 0 Å². The van der Waals surface area contributed by atoms with E-state index in [0.717, 1.165) is 17.0 Å². The molecule has 1 heterocycles. The van der Waals surface area contributed by atoms with Crippen LogP contribution < -0.4 is 10.5 Å². The van der Waals surface area contributed by atoms with Gasteiger partial charge in [-0.25, -0.2) is 4.98 Å². The summed E-state index contributed by atoms with van der Waals surface area (Å²) in [6.45, 7) is 6.71. The second kappa shape index (κ2) is 5.89. The van der Waals surface area contributed by atoms with Crippen molar-refractivity contribution in [1.82, 2.24) is 9.55 Å². The molecule has 4 nitrogen and oxygen atoms in total. The van der Waals surface area contributed by atoms with Gasteiger partial charge in [0, 0.05) is 17.6 Å². The first kappa shape index (κ1) is 13.6. The third kappa shape index (κ3) is 3.15. The fraction of sp³-hybridized carbons (Fsp3) is 0.400. The molecule has 0 fully saturated rings. The van der Waals surface area contributed by atoms with E-state index in [1.807, 2.05) is 43.7 Å². The summed E-state index contributed by atoms with van der Waals surface area (Å²) >= 11 is 0. The number of ether oxygens (including phenoxy) is 1. The molecule has 1 aromatic carbocycles. The first-order valence-electron chi connectivity index (χ1n) is 6.57. The lowest BCUT2D eigenvalue weighted by molar-refractivity contribution is 0.288. The summed E-state index contributed by atoms with van der Waals surface area (Å²) in [4.78, 5) is 4.17. The van der Waals surface area contributed by atoms with E-state index in [0.29, 0.717) is 12.6 Å². The molecule has 0 aliphatic rings. The van der Waals surface area contributed by atoms with Crippen LogP contribution in [0.1, 0.15) is 44.1 Å². The molecule has 4 heteroatoms. The minimum Gasteiger partial charge on any atom is -0.487 e. The molecule has 0 saturated heterocycles. The third-order valence-electron chi connectivity index (χ3n) is 3.09. The molecular formula is C15H21N3O. The molecule has 0 saturated carbocycles. The van der Waals surface area contributed by atoms with Crippen molar-refractivity contribution in [2.24, 2.45) is 5.73 Å². The molecule has 2 aromatic rings. The van der Waals surface area contributed by atoms with Crippen LogP contribution in [-0.4, -0.2) is 9.55 Å². The fourth-order valence-electron chi connectivity index (χ4n) is 2.05. The minimum absolute atomic E-state index is 0.0359. The zero-order valence-electron chi connectivity index (χ0n) is 11.7. The van der Waals surface area contributed by atoms with Gasteiger partial charge in [-0.1, -0.05) is 18.2 Å². The zero-order valence-corrected chi connectivity index (χ0v) is 11.7. The van der Waals surface area contributed by atoms with Gasteiger partial charge in [0.25, 0.3) is 0 Å². The van der Waals surface area contributed by atoms with Crippen LogP contribution in [0.2, 0.25) is 0 Å². The fourth-order valence-corrected chi connectivity index (χ4v) is 2.05. The van der Waals surface area contributed by atoms with Gasteiger partial charge in [-0.05, 0) is 26.8 Å². The van der Waals surface area contributed by atoms with Crippen molar-refractivity contribution < 1.29 is 4.74 Å². The van der Waals surface area contributed by atoms with E-state index in [1.165, 1.54) is 0 Å². The van der Waals surface area contributed by atoms with Crippen LogP contribution in [0.15, 0.2) is 36.8 Å². The first-order valence-corrected chi connectivity index (χ1v) is 6.57. The van der Waals surface area contributed by atoms with Gasteiger partial charge in [-0.2, -0.15) is 0 Å². The van der Waals surface area contributed by atoms with Crippen LogP contribution in [0.5, 0.6) is 5.75 Å². The van der Waals surface area contributed by atoms with E-state index in [-0.39, 0.29) is 6.04 Å². The average molecular weight is 259 g/mol. The number of aromatic nitrogens is 2. The van der Waals surface area contributed by atoms with E-state index in [4.69, 9.17) is 10.5 Å². The summed E-state index contributed by atoms with van der Waals surface area (Å²) in [7, 11) is 0. The molecule has 0 aliphatic carbocycles. The molecule has 0 radical (unpaired) electrons. The Kier molecular flexibility index (Phi) is 4.22. The van der Waals surface area contributed by atoms with Crippen LogP contribution in [0.25, 0.3) is 0 Å². The van der Waals surface area contributed by atoms with Crippen LogP contribution in [0, 0.1) is 0 Å². The number of para-hydroxylation sites is 1. The number of benzene rings is 1. The monoisotopic (exact) mass is 259 g/mol. The number of rotatable bonds is 5. The second-order valence-electron chi connectivity index (χ2n) is 5.00. The predicted molar refractivity (Wildman–Crippen MR) is 76.0 cm³/mol. The molecular weight excluding hydrogens is 238 g/mol. The lowest BCUT2D eigenvalue weighted by Crippen LogP contribution is -2.10. The van der Waals surface area contributed by atoms with Gasteiger partial charge in [-0.3, -0.25) is 0 Å². The number of hydrogen-bond donors (Lipinski definition) is 1. The normalized spacial score (nSPS) is 12.7. The molecule has 102 valence electrons. The summed E-state index contributed by atoms with van der Waals surface area (Å²) in [6, 6.07) is 8.23. The molecule has 0 amide bonds. The lowest BCUT2D eigenvalue weighted by Gasteiger charge is -2.15. The molecule has 0 spiro atoms. The Hall–Kier alpha value is -1.81. The van der Waals surface area contributed by atoms with Gasteiger partial charge in [0.05, 0.1) is 18.2 Å². The van der Waals surface area contributed by atoms with Crippen molar-refractivity contribution in [2.45, 2.75) is 39.5 Å². The topological polar surface area (TPSA) is 53.1 Å². The maximum absolute atomic E-state index is 5.94. The summed E-state index contributed by atoms with van der Waals surface area (Å²) in [5, 5.41) is 0. The van der Waals surface area contributed by atoms with E-state index < -0.39 is 0 Å². The Bertz CT molecular complexity index is 532. The first-order chi connectivity index (χ1) is 9.09.